The minimum absolute atomic E-state index is 0.107. The van der Waals surface area contributed by atoms with Gasteiger partial charge in [0.25, 0.3) is 5.69 Å². The Morgan fingerprint density at radius 2 is 1.69 bits per heavy atom. The predicted octanol–water partition coefficient (Wildman–Crippen LogP) is 2.87. The number of carbonyl (C=O) groups is 1. The van der Waals surface area contributed by atoms with E-state index < -0.39 is 20.6 Å². The Morgan fingerprint density at radius 1 is 1.10 bits per heavy atom. The van der Waals surface area contributed by atoms with Crippen LogP contribution in [0.1, 0.15) is 31.4 Å². The number of nitrogens with one attached hydrogen (secondary N) is 1. The Kier molecular flexibility index (Phi) is 6.29. The lowest BCUT2D eigenvalue weighted by Crippen LogP contribution is -2.43. The van der Waals surface area contributed by atoms with Crippen LogP contribution in [0.15, 0.2) is 59.5 Å². The van der Waals surface area contributed by atoms with Gasteiger partial charge in [0.15, 0.2) is 4.90 Å². The van der Waals surface area contributed by atoms with E-state index in [9.17, 15) is 23.3 Å². The van der Waals surface area contributed by atoms with Crippen molar-refractivity contribution in [2.24, 2.45) is 5.92 Å². The summed E-state index contributed by atoms with van der Waals surface area (Å²) < 4.78 is 27.0. The zero-order chi connectivity index (χ0) is 21.0. The van der Waals surface area contributed by atoms with Gasteiger partial charge in [-0.25, -0.2) is 8.42 Å². The zero-order valence-corrected chi connectivity index (χ0v) is 16.8. The molecular weight excluding hydrogens is 394 g/mol. The van der Waals surface area contributed by atoms with Gasteiger partial charge in [0.2, 0.25) is 15.9 Å². The molecule has 1 amide bonds. The number of piperidine rings is 1. The summed E-state index contributed by atoms with van der Waals surface area (Å²) in [6.07, 6.45) is 0.737. The number of sulfonamides is 1. The molecule has 0 saturated carbocycles. The first-order valence-corrected chi connectivity index (χ1v) is 10.8. The summed E-state index contributed by atoms with van der Waals surface area (Å²) in [5.74, 6) is -0.400. The standard InChI is InChI=1S/C20H23N3O5S/c1-15(16-7-3-2-4-8-16)21-20(24)17-11-13-22(14-12-17)29(27,28)19-10-6-5-9-18(19)23(25)26/h2-10,15,17H,11-14H2,1H3,(H,21,24). The number of nitro benzene ring substituents is 1. The van der Waals surface area contributed by atoms with Crippen molar-refractivity contribution in [3.8, 4) is 0 Å². The van der Waals surface area contributed by atoms with Gasteiger partial charge in [-0.3, -0.25) is 14.9 Å². The third kappa shape index (κ3) is 4.63. The van der Waals surface area contributed by atoms with E-state index in [1.54, 1.807) is 0 Å². The molecule has 1 heterocycles. The smallest absolute Gasteiger partial charge is 0.289 e. The molecule has 9 heteroatoms. The average Bonchev–Trinajstić information content (AvgIpc) is 2.74. The van der Waals surface area contributed by atoms with Crippen LogP contribution in [-0.4, -0.2) is 36.6 Å². The number of amides is 1. The average molecular weight is 417 g/mol. The zero-order valence-electron chi connectivity index (χ0n) is 16.0. The van der Waals surface area contributed by atoms with Crippen molar-refractivity contribution >= 4 is 21.6 Å². The topological polar surface area (TPSA) is 110 Å². The summed E-state index contributed by atoms with van der Waals surface area (Å²) in [7, 11) is -3.99. The van der Waals surface area contributed by atoms with Crippen LogP contribution in [0.3, 0.4) is 0 Å². The summed E-state index contributed by atoms with van der Waals surface area (Å²) in [6, 6.07) is 14.8. The molecular formula is C20H23N3O5S. The van der Waals surface area contributed by atoms with E-state index in [0.717, 1.165) is 5.56 Å². The molecule has 2 aromatic rings. The fraction of sp³-hybridized carbons (Fsp3) is 0.350. The van der Waals surface area contributed by atoms with E-state index in [1.165, 1.54) is 28.6 Å². The first-order valence-electron chi connectivity index (χ1n) is 9.39. The van der Waals surface area contributed by atoms with Crippen LogP contribution in [0.5, 0.6) is 0 Å². The molecule has 0 aromatic heterocycles. The molecule has 1 aliphatic rings. The monoisotopic (exact) mass is 417 g/mol. The second-order valence-corrected chi connectivity index (χ2v) is 8.95. The van der Waals surface area contributed by atoms with Gasteiger partial charge in [0.05, 0.1) is 11.0 Å². The Morgan fingerprint density at radius 3 is 2.31 bits per heavy atom. The maximum Gasteiger partial charge on any atom is 0.289 e. The SMILES string of the molecule is CC(NC(=O)C1CCN(S(=O)(=O)c2ccccc2[N+](=O)[O-])CC1)c1ccccc1. The highest BCUT2D eigenvalue weighted by Gasteiger charge is 2.35. The van der Waals surface area contributed by atoms with Gasteiger partial charge < -0.3 is 5.32 Å². The minimum atomic E-state index is -3.99. The largest absolute Gasteiger partial charge is 0.349 e. The Bertz CT molecular complexity index is 986. The van der Waals surface area contributed by atoms with Crippen molar-refractivity contribution in [2.75, 3.05) is 13.1 Å². The highest BCUT2D eigenvalue weighted by Crippen LogP contribution is 2.29. The number of rotatable bonds is 6. The van der Waals surface area contributed by atoms with Crippen LogP contribution in [0.4, 0.5) is 5.69 Å². The molecule has 1 fully saturated rings. The van der Waals surface area contributed by atoms with Crippen molar-refractivity contribution in [3.05, 3.63) is 70.3 Å². The summed E-state index contributed by atoms with van der Waals surface area (Å²) in [6.45, 7) is 2.19. The molecule has 0 radical (unpaired) electrons. The van der Waals surface area contributed by atoms with Crippen molar-refractivity contribution in [1.29, 1.82) is 0 Å². The van der Waals surface area contributed by atoms with Gasteiger partial charge in [-0.05, 0) is 31.4 Å². The van der Waals surface area contributed by atoms with E-state index in [0.29, 0.717) is 12.8 Å². The third-order valence-corrected chi connectivity index (χ3v) is 7.11. The lowest BCUT2D eigenvalue weighted by Gasteiger charge is -2.31. The first-order chi connectivity index (χ1) is 13.8. The van der Waals surface area contributed by atoms with Crippen LogP contribution in [-0.2, 0) is 14.8 Å². The molecule has 3 rings (SSSR count). The van der Waals surface area contributed by atoms with Crippen molar-refractivity contribution in [1.82, 2.24) is 9.62 Å². The fourth-order valence-corrected chi connectivity index (χ4v) is 5.11. The second kappa shape index (κ2) is 8.71. The van der Waals surface area contributed by atoms with E-state index in [4.69, 9.17) is 0 Å². The molecule has 1 unspecified atom stereocenters. The summed E-state index contributed by atoms with van der Waals surface area (Å²) in [4.78, 5) is 22.8. The Balaban J connectivity index is 1.64. The second-order valence-electron chi connectivity index (χ2n) is 7.04. The van der Waals surface area contributed by atoms with E-state index in [2.05, 4.69) is 5.32 Å². The number of hydrogen-bond acceptors (Lipinski definition) is 5. The molecule has 0 spiro atoms. The Hall–Kier alpha value is -2.78. The van der Waals surface area contributed by atoms with Gasteiger partial charge in [0.1, 0.15) is 0 Å². The van der Waals surface area contributed by atoms with Crippen LogP contribution in [0.2, 0.25) is 0 Å². The fourth-order valence-electron chi connectivity index (χ4n) is 3.48. The highest BCUT2D eigenvalue weighted by molar-refractivity contribution is 7.89. The van der Waals surface area contributed by atoms with Crippen molar-refractivity contribution in [3.63, 3.8) is 0 Å². The van der Waals surface area contributed by atoms with E-state index >= 15 is 0 Å². The summed E-state index contributed by atoms with van der Waals surface area (Å²) in [5.41, 5.74) is 0.557. The predicted molar refractivity (Wildman–Crippen MR) is 108 cm³/mol. The lowest BCUT2D eigenvalue weighted by atomic mass is 9.96. The molecule has 0 bridgehead atoms. The number of carbonyl (C=O) groups excluding carboxylic acids is 1. The van der Waals surface area contributed by atoms with Gasteiger partial charge in [-0.1, -0.05) is 42.5 Å². The number of nitro groups is 1. The minimum Gasteiger partial charge on any atom is -0.349 e. The lowest BCUT2D eigenvalue weighted by molar-refractivity contribution is -0.387. The van der Waals surface area contributed by atoms with Gasteiger partial charge in [-0.15, -0.1) is 0 Å². The van der Waals surface area contributed by atoms with Gasteiger partial charge in [0, 0.05) is 25.1 Å². The molecule has 29 heavy (non-hydrogen) atoms. The molecule has 1 saturated heterocycles. The van der Waals surface area contributed by atoms with Crippen LogP contribution < -0.4 is 5.32 Å². The van der Waals surface area contributed by atoms with Gasteiger partial charge >= 0.3 is 0 Å². The molecule has 154 valence electrons. The van der Waals surface area contributed by atoms with Crippen LogP contribution in [0, 0.1) is 16.0 Å². The highest BCUT2D eigenvalue weighted by atomic mass is 32.2. The first kappa shape index (κ1) is 20.9. The number of nitrogens with zero attached hydrogens (tertiary/aromatic N) is 2. The number of hydrogen-bond donors (Lipinski definition) is 1. The summed E-state index contributed by atoms with van der Waals surface area (Å²) >= 11 is 0. The Labute approximate surface area is 169 Å². The normalized spacial score (nSPS) is 16.9. The third-order valence-electron chi connectivity index (χ3n) is 5.16. The molecule has 2 aromatic carbocycles. The summed E-state index contributed by atoms with van der Waals surface area (Å²) in [5, 5.41) is 14.2. The number of benzene rings is 2. The van der Waals surface area contributed by atoms with Crippen molar-refractivity contribution in [2.45, 2.75) is 30.7 Å². The molecule has 1 N–H and O–H groups in total. The van der Waals surface area contributed by atoms with E-state index in [-0.39, 0.29) is 35.9 Å². The maximum absolute atomic E-state index is 12.9. The maximum atomic E-state index is 12.9. The molecule has 1 aliphatic heterocycles. The number of para-hydroxylation sites is 1. The van der Waals surface area contributed by atoms with Crippen LogP contribution >= 0.6 is 0 Å². The van der Waals surface area contributed by atoms with E-state index in [1.807, 2.05) is 37.3 Å². The van der Waals surface area contributed by atoms with Crippen molar-refractivity contribution < 1.29 is 18.1 Å². The molecule has 0 aliphatic carbocycles. The molecule has 1 atom stereocenters. The molecule has 8 nitrogen and oxygen atoms in total. The quantitative estimate of drug-likeness (QED) is 0.574. The van der Waals surface area contributed by atoms with Crippen LogP contribution in [0.25, 0.3) is 0 Å². The van der Waals surface area contributed by atoms with Gasteiger partial charge in [-0.2, -0.15) is 4.31 Å².